The van der Waals surface area contributed by atoms with Crippen molar-refractivity contribution >= 4 is 23.2 Å². The van der Waals surface area contributed by atoms with Gasteiger partial charge in [0, 0.05) is 22.4 Å². The number of amides is 2. The molecule has 7 nitrogen and oxygen atoms in total. The van der Waals surface area contributed by atoms with Gasteiger partial charge in [-0.25, -0.2) is 0 Å². The molecule has 2 rings (SSSR count). The number of carbonyl (C=O) groups excluding carboxylic acids is 2. The Morgan fingerprint density at radius 2 is 1.36 bits per heavy atom. The summed E-state index contributed by atoms with van der Waals surface area (Å²) in [6.45, 7) is 5.50. The molecular weight excluding hydrogens is 360 g/mol. The van der Waals surface area contributed by atoms with E-state index in [1.54, 1.807) is 36.4 Å². The molecule has 2 amide bonds. The molecule has 0 aliphatic carbocycles. The number of rotatable bonds is 6. The lowest BCUT2D eigenvalue weighted by Crippen LogP contribution is -2.27. The van der Waals surface area contributed by atoms with Gasteiger partial charge in [0.25, 0.3) is 5.91 Å². The van der Waals surface area contributed by atoms with Crippen molar-refractivity contribution in [3.8, 4) is 17.2 Å². The molecule has 0 aliphatic heterocycles. The molecule has 0 atom stereocenters. The van der Waals surface area contributed by atoms with Gasteiger partial charge in [-0.15, -0.1) is 0 Å². The first kappa shape index (κ1) is 21.1. The molecule has 0 saturated carbocycles. The SMILES string of the molecule is COc1cc(C(=O)Nc2cccc(NC(=O)C(C)(C)C)c2)cc(OC)c1OC. The van der Waals surface area contributed by atoms with Gasteiger partial charge in [0.1, 0.15) is 0 Å². The lowest BCUT2D eigenvalue weighted by Gasteiger charge is -2.18. The number of carbonyl (C=O) groups is 2. The third-order valence-electron chi connectivity index (χ3n) is 3.99. The van der Waals surface area contributed by atoms with Crippen LogP contribution in [0.4, 0.5) is 11.4 Å². The number of benzene rings is 2. The highest BCUT2D eigenvalue weighted by Crippen LogP contribution is 2.38. The fourth-order valence-electron chi connectivity index (χ4n) is 2.41. The standard InChI is InChI=1S/C21H26N2O5/c1-21(2,3)20(25)23-15-9-7-8-14(12-15)22-19(24)13-10-16(26-4)18(28-6)17(11-13)27-5/h7-12H,1-6H3,(H,22,24)(H,23,25). The lowest BCUT2D eigenvalue weighted by molar-refractivity contribution is -0.123. The maximum Gasteiger partial charge on any atom is 0.255 e. The summed E-state index contributed by atoms with van der Waals surface area (Å²) in [5.41, 5.74) is 0.974. The second-order valence-electron chi connectivity index (χ2n) is 7.15. The summed E-state index contributed by atoms with van der Waals surface area (Å²) in [7, 11) is 4.47. The summed E-state index contributed by atoms with van der Waals surface area (Å²) >= 11 is 0. The van der Waals surface area contributed by atoms with Crippen LogP contribution in [0.1, 0.15) is 31.1 Å². The Morgan fingerprint density at radius 1 is 0.821 bits per heavy atom. The molecule has 0 saturated heterocycles. The Kier molecular flexibility index (Phi) is 6.51. The van der Waals surface area contributed by atoms with Crippen LogP contribution in [0.2, 0.25) is 0 Å². The summed E-state index contributed by atoms with van der Waals surface area (Å²) in [6.07, 6.45) is 0. The van der Waals surface area contributed by atoms with Crippen LogP contribution >= 0.6 is 0 Å². The number of hydrogen-bond acceptors (Lipinski definition) is 5. The highest BCUT2D eigenvalue weighted by Gasteiger charge is 2.21. The van der Waals surface area contributed by atoms with Crippen LogP contribution in [-0.4, -0.2) is 33.1 Å². The molecule has 150 valence electrons. The topological polar surface area (TPSA) is 85.9 Å². The molecule has 2 aromatic rings. The van der Waals surface area contributed by atoms with E-state index in [0.29, 0.717) is 34.2 Å². The second kappa shape index (κ2) is 8.65. The minimum Gasteiger partial charge on any atom is -0.493 e. The van der Waals surface area contributed by atoms with Crippen molar-refractivity contribution < 1.29 is 23.8 Å². The van der Waals surface area contributed by atoms with Crippen molar-refractivity contribution in [3.05, 3.63) is 42.0 Å². The molecule has 0 radical (unpaired) electrons. The monoisotopic (exact) mass is 386 g/mol. The van der Waals surface area contributed by atoms with E-state index in [1.807, 2.05) is 20.8 Å². The van der Waals surface area contributed by atoms with E-state index >= 15 is 0 Å². The number of methoxy groups -OCH3 is 3. The third-order valence-corrected chi connectivity index (χ3v) is 3.99. The van der Waals surface area contributed by atoms with Gasteiger partial charge in [-0.3, -0.25) is 9.59 Å². The fraction of sp³-hybridized carbons (Fsp3) is 0.333. The molecule has 2 aromatic carbocycles. The second-order valence-corrected chi connectivity index (χ2v) is 7.15. The zero-order valence-corrected chi connectivity index (χ0v) is 17.0. The maximum atomic E-state index is 12.7. The molecule has 0 aliphatic rings. The van der Waals surface area contributed by atoms with E-state index in [-0.39, 0.29) is 11.8 Å². The van der Waals surface area contributed by atoms with Crippen LogP contribution in [0.3, 0.4) is 0 Å². The molecule has 2 N–H and O–H groups in total. The van der Waals surface area contributed by atoms with Gasteiger partial charge in [-0.1, -0.05) is 26.8 Å². The average Bonchev–Trinajstić information content (AvgIpc) is 2.66. The van der Waals surface area contributed by atoms with Crippen molar-refractivity contribution in [2.75, 3.05) is 32.0 Å². The zero-order chi connectivity index (χ0) is 20.9. The first-order valence-corrected chi connectivity index (χ1v) is 8.72. The Morgan fingerprint density at radius 3 is 1.82 bits per heavy atom. The summed E-state index contributed by atoms with van der Waals surface area (Å²) in [5, 5.41) is 5.65. The summed E-state index contributed by atoms with van der Waals surface area (Å²) in [6, 6.07) is 10.1. The number of nitrogens with one attached hydrogen (secondary N) is 2. The van der Waals surface area contributed by atoms with E-state index in [9.17, 15) is 9.59 Å². The Hall–Kier alpha value is -3.22. The molecule has 0 aromatic heterocycles. The van der Waals surface area contributed by atoms with Crippen LogP contribution < -0.4 is 24.8 Å². The molecule has 0 bridgehead atoms. The van der Waals surface area contributed by atoms with Crippen LogP contribution in [-0.2, 0) is 4.79 Å². The van der Waals surface area contributed by atoms with Gasteiger partial charge in [0.15, 0.2) is 11.5 Å². The van der Waals surface area contributed by atoms with Gasteiger partial charge in [-0.2, -0.15) is 0 Å². The van der Waals surface area contributed by atoms with E-state index < -0.39 is 5.41 Å². The molecular formula is C21H26N2O5. The van der Waals surface area contributed by atoms with Crippen molar-refractivity contribution in [1.82, 2.24) is 0 Å². The Bertz CT molecular complexity index is 846. The summed E-state index contributed by atoms with van der Waals surface area (Å²) in [5.74, 6) is 0.726. The minimum absolute atomic E-state index is 0.111. The van der Waals surface area contributed by atoms with Gasteiger partial charge in [-0.05, 0) is 30.3 Å². The molecule has 0 heterocycles. The third kappa shape index (κ3) is 4.94. The number of ether oxygens (including phenoxy) is 3. The number of anilines is 2. The van der Waals surface area contributed by atoms with Gasteiger partial charge >= 0.3 is 0 Å². The molecule has 0 spiro atoms. The van der Waals surface area contributed by atoms with Crippen molar-refractivity contribution in [2.45, 2.75) is 20.8 Å². The zero-order valence-electron chi connectivity index (χ0n) is 17.0. The number of hydrogen-bond donors (Lipinski definition) is 2. The van der Waals surface area contributed by atoms with Crippen LogP contribution in [0.15, 0.2) is 36.4 Å². The van der Waals surface area contributed by atoms with Gasteiger partial charge in [0.2, 0.25) is 11.7 Å². The largest absolute Gasteiger partial charge is 0.493 e. The van der Waals surface area contributed by atoms with Crippen molar-refractivity contribution in [3.63, 3.8) is 0 Å². The van der Waals surface area contributed by atoms with E-state index in [0.717, 1.165) is 0 Å². The maximum absolute atomic E-state index is 12.7. The quantitative estimate of drug-likeness (QED) is 0.785. The van der Waals surface area contributed by atoms with Gasteiger partial charge in [0.05, 0.1) is 21.3 Å². The predicted octanol–water partition coefficient (Wildman–Crippen LogP) is 3.95. The normalized spacial score (nSPS) is 10.8. The minimum atomic E-state index is -0.518. The predicted molar refractivity (Wildman–Crippen MR) is 109 cm³/mol. The van der Waals surface area contributed by atoms with Crippen LogP contribution in [0, 0.1) is 5.41 Å². The molecule has 0 fully saturated rings. The highest BCUT2D eigenvalue weighted by atomic mass is 16.5. The fourth-order valence-corrected chi connectivity index (χ4v) is 2.41. The van der Waals surface area contributed by atoms with Gasteiger partial charge < -0.3 is 24.8 Å². The van der Waals surface area contributed by atoms with E-state index in [1.165, 1.54) is 21.3 Å². The Balaban J connectivity index is 2.24. The van der Waals surface area contributed by atoms with E-state index in [2.05, 4.69) is 10.6 Å². The summed E-state index contributed by atoms with van der Waals surface area (Å²) in [4.78, 5) is 24.8. The van der Waals surface area contributed by atoms with Crippen molar-refractivity contribution in [2.24, 2.45) is 5.41 Å². The van der Waals surface area contributed by atoms with E-state index in [4.69, 9.17) is 14.2 Å². The van der Waals surface area contributed by atoms with Crippen LogP contribution in [0.25, 0.3) is 0 Å². The molecule has 0 unspecified atom stereocenters. The molecule has 28 heavy (non-hydrogen) atoms. The molecule has 7 heteroatoms. The Labute approximate surface area is 165 Å². The highest BCUT2D eigenvalue weighted by molar-refractivity contribution is 6.05. The smallest absolute Gasteiger partial charge is 0.255 e. The summed E-state index contributed by atoms with van der Waals surface area (Å²) < 4.78 is 15.8. The lowest BCUT2D eigenvalue weighted by atomic mass is 9.95. The van der Waals surface area contributed by atoms with Crippen molar-refractivity contribution in [1.29, 1.82) is 0 Å². The average molecular weight is 386 g/mol. The first-order chi connectivity index (χ1) is 13.2. The first-order valence-electron chi connectivity index (χ1n) is 8.72. The van der Waals surface area contributed by atoms with Crippen LogP contribution in [0.5, 0.6) is 17.2 Å².